The second-order valence-corrected chi connectivity index (χ2v) is 5.72. The summed E-state index contributed by atoms with van der Waals surface area (Å²) in [5.41, 5.74) is 1.09. The third kappa shape index (κ3) is 3.68. The SMILES string of the molecule is CCC(CC)n1ccc(CC2CCCCCC2=O)n1. The summed E-state index contributed by atoms with van der Waals surface area (Å²) in [6.45, 7) is 4.40. The fraction of sp³-hybridized carbons (Fsp3) is 0.750. The van der Waals surface area contributed by atoms with E-state index in [2.05, 4.69) is 35.9 Å². The third-order valence-electron chi connectivity index (χ3n) is 4.37. The largest absolute Gasteiger partial charge is 0.299 e. The van der Waals surface area contributed by atoms with Crippen molar-refractivity contribution in [2.24, 2.45) is 5.92 Å². The Kier molecular flexibility index (Phi) is 5.17. The molecule has 0 aromatic carbocycles. The minimum atomic E-state index is 0.215. The molecule has 0 bridgehead atoms. The molecule has 0 aliphatic heterocycles. The normalized spacial score (nSPS) is 20.8. The number of nitrogens with zero attached hydrogens (tertiary/aromatic N) is 2. The molecule has 1 unspecified atom stereocenters. The average molecular weight is 262 g/mol. The Morgan fingerprint density at radius 3 is 2.84 bits per heavy atom. The van der Waals surface area contributed by atoms with Crippen LogP contribution in [0.2, 0.25) is 0 Å². The first-order chi connectivity index (χ1) is 9.24. The zero-order chi connectivity index (χ0) is 13.7. The summed E-state index contributed by atoms with van der Waals surface area (Å²) in [5, 5.41) is 4.68. The summed E-state index contributed by atoms with van der Waals surface area (Å²) in [6, 6.07) is 2.59. The maximum absolute atomic E-state index is 12.0. The highest BCUT2D eigenvalue weighted by atomic mass is 16.1. The third-order valence-corrected chi connectivity index (χ3v) is 4.37. The van der Waals surface area contributed by atoms with Crippen molar-refractivity contribution in [1.29, 1.82) is 0 Å². The molecule has 0 saturated heterocycles. The van der Waals surface area contributed by atoms with Gasteiger partial charge in [-0.2, -0.15) is 5.10 Å². The van der Waals surface area contributed by atoms with Gasteiger partial charge in [-0.3, -0.25) is 9.48 Å². The molecule has 1 fully saturated rings. The lowest BCUT2D eigenvalue weighted by atomic mass is 9.94. The lowest BCUT2D eigenvalue weighted by molar-refractivity contribution is -0.122. The van der Waals surface area contributed by atoms with Gasteiger partial charge in [-0.1, -0.05) is 26.7 Å². The topological polar surface area (TPSA) is 34.9 Å². The zero-order valence-corrected chi connectivity index (χ0v) is 12.3. The molecule has 0 amide bonds. The maximum Gasteiger partial charge on any atom is 0.136 e. The van der Waals surface area contributed by atoms with Gasteiger partial charge in [-0.15, -0.1) is 0 Å². The average Bonchev–Trinajstić information content (AvgIpc) is 2.77. The molecular formula is C16H26N2O. The van der Waals surface area contributed by atoms with Crippen LogP contribution in [-0.4, -0.2) is 15.6 Å². The number of carbonyl (C=O) groups is 1. The number of rotatable bonds is 5. The van der Waals surface area contributed by atoms with Crippen LogP contribution in [0.4, 0.5) is 0 Å². The number of hydrogen-bond donors (Lipinski definition) is 0. The lowest BCUT2D eigenvalue weighted by Gasteiger charge is -2.13. The van der Waals surface area contributed by atoms with Gasteiger partial charge < -0.3 is 0 Å². The van der Waals surface area contributed by atoms with E-state index < -0.39 is 0 Å². The van der Waals surface area contributed by atoms with Crippen molar-refractivity contribution in [2.75, 3.05) is 0 Å². The minimum Gasteiger partial charge on any atom is -0.299 e. The summed E-state index contributed by atoms with van der Waals surface area (Å²) in [6.07, 6.45) is 10.5. The van der Waals surface area contributed by atoms with E-state index in [9.17, 15) is 4.79 Å². The Labute approximate surface area is 116 Å². The van der Waals surface area contributed by atoms with Crippen LogP contribution < -0.4 is 0 Å². The van der Waals surface area contributed by atoms with Crippen LogP contribution in [-0.2, 0) is 11.2 Å². The predicted octanol–water partition coefficient (Wildman–Crippen LogP) is 3.94. The number of Topliss-reactive ketones (excluding diaryl/α,β-unsaturated/α-hetero) is 1. The Morgan fingerprint density at radius 1 is 1.32 bits per heavy atom. The summed E-state index contributed by atoms with van der Waals surface area (Å²) >= 11 is 0. The molecule has 0 spiro atoms. The Bertz CT molecular complexity index is 407. The van der Waals surface area contributed by atoms with Gasteiger partial charge in [0.1, 0.15) is 5.78 Å². The van der Waals surface area contributed by atoms with Gasteiger partial charge in [0.05, 0.1) is 11.7 Å². The molecule has 1 aromatic rings. The van der Waals surface area contributed by atoms with Crippen molar-refractivity contribution >= 4 is 5.78 Å². The van der Waals surface area contributed by atoms with Gasteiger partial charge in [0.25, 0.3) is 0 Å². The van der Waals surface area contributed by atoms with Gasteiger partial charge in [0.15, 0.2) is 0 Å². The van der Waals surface area contributed by atoms with Gasteiger partial charge in [-0.05, 0) is 31.7 Å². The van der Waals surface area contributed by atoms with E-state index in [4.69, 9.17) is 0 Å². The predicted molar refractivity (Wildman–Crippen MR) is 77.1 cm³/mol. The number of aromatic nitrogens is 2. The molecule has 2 rings (SSSR count). The summed E-state index contributed by atoms with van der Waals surface area (Å²) in [5.74, 6) is 0.669. The van der Waals surface area contributed by atoms with Crippen molar-refractivity contribution in [3.05, 3.63) is 18.0 Å². The highest BCUT2D eigenvalue weighted by Crippen LogP contribution is 2.23. The van der Waals surface area contributed by atoms with Crippen molar-refractivity contribution in [2.45, 2.75) is 71.3 Å². The molecule has 106 valence electrons. The molecule has 1 atom stereocenters. The quantitative estimate of drug-likeness (QED) is 0.753. The Hall–Kier alpha value is -1.12. The van der Waals surface area contributed by atoms with Crippen molar-refractivity contribution < 1.29 is 4.79 Å². The van der Waals surface area contributed by atoms with Crippen molar-refractivity contribution in [3.8, 4) is 0 Å². The number of carbonyl (C=O) groups excluding carboxylic acids is 1. The second kappa shape index (κ2) is 6.88. The van der Waals surface area contributed by atoms with E-state index in [0.29, 0.717) is 11.8 Å². The Balaban J connectivity index is 2.00. The van der Waals surface area contributed by atoms with Crippen molar-refractivity contribution in [1.82, 2.24) is 9.78 Å². The fourth-order valence-corrected chi connectivity index (χ4v) is 3.05. The van der Waals surface area contributed by atoms with Gasteiger partial charge in [-0.25, -0.2) is 0 Å². The maximum atomic E-state index is 12.0. The van der Waals surface area contributed by atoms with Gasteiger partial charge >= 0.3 is 0 Å². The second-order valence-electron chi connectivity index (χ2n) is 5.72. The molecule has 1 aliphatic carbocycles. The lowest BCUT2D eigenvalue weighted by Crippen LogP contribution is -2.16. The van der Waals surface area contributed by atoms with E-state index in [1.807, 2.05) is 0 Å². The fourth-order valence-electron chi connectivity index (χ4n) is 3.05. The summed E-state index contributed by atoms with van der Waals surface area (Å²) in [7, 11) is 0. The van der Waals surface area contributed by atoms with E-state index in [-0.39, 0.29) is 5.92 Å². The zero-order valence-electron chi connectivity index (χ0n) is 12.3. The van der Waals surface area contributed by atoms with Crippen LogP contribution in [0.1, 0.15) is 70.5 Å². The monoisotopic (exact) mass is 262 g/mol. The van der Waals surface area contributed by atoms with Crippen LogP contribution in [0.25, 0.3) is 0 Å². The molecule has 3 nitrogen and oxygen atoms in total. The molecule has 0 N–H and O–H groups in total. The highest BCUT2D eigenvalue weighted by Gasteiger charge is 2.22. The standard InChI is InChI=1S/C16H26N2O/c1-3-15(4-2)18-11-10-14(17-18)12-13-8-6-5-7-9-16(13)19/h10-11,13,15H,3-9,12H2,1-2H3. The van der Waals surface area contributed by atoms with E-state index in [1.165, 1.54) is 12.8 Å². The first-order valence-electron chi connectivity index (χ1n) is 7.81. The summed E-state index contributed by atoms with van der Waals surface area (Å²) in [4.78, 5) is 12.0. The van der Waals surface area contributed by atoms with Crippen LogP contribution >= 0.6 is 0 Å². The van der Waals surface area contributed by atoms with Crippen LogP contribution in [0, 0.1) is 5.92 Å². The summed E-state index contributed by atoms with van der Waals surface area (Å²) < 4.78 is 2.08. The first-order valence-corrected chi connectivity index (χ1v) is 7.81. The highest BCUT2D eigenvalue weighted by molar-refractivity contribution is 5.81. The molecule has 0 radical (unpaired) electrons. The van der Waals surface area contributed by atoms with E-state index in [0.717, 1.165) is 44.2 Å². The number of ketones is 1. The molecule has 19 heavy (non-hydrogen) atoms. The van der Waals surface area contributed by atoms with Gasteiger partial charge in [0, 0.05) is 25.0 Å². The minimum absolute atomic E-state index is 0.215. The van der Waals surface area contributed by atoms with E-state index in [1.54, 1.807) is 0 Å². The Morgan fingerprint density at radius 2 is 2.11 bits per heavy atom. The van der Waals surface area contributed by atoms with Gasteiger partial charge in [0.2, 0.25) is 0 Å². The van der Waals surface area contributed by atoms with Crippen molar-refractivity contribution in [3.63, 3.8) is 0 Å². The molecule has 3 heteroatoms. The first kappa shape index (κ1) is 14.3. The molecule has 1 aliphatic rings. The molecule has 1 saturated carbocycles. The van der Waals surface area contributed by atoms with Crippen LogP contribution in [0.5, 0.6) is 0 Å². The van der Waals surface area contributed by atoms with E-state index >= 15 is 0 Å². The molecular weight excluding hydrogens is 236 g/mol. The smallest absolute Gasteiger partial charge is 0.136 e. The molecule has 1 aromatic heterocycles. The van der Waals surface area contributed by atoms with Crippen LogP contribution in [0.15, 0.2) is 12.3 Å². The number of hydrogen-bond acceptors (Lipinski definition) is 2. The molecule has 1 heterocycles. The van der Waals surface area contributed by atoms with Crippen LogP contribution in [0.3, 0.4) is 0 Å².